The Morgan fingerprint density at radius 3 is 2.53 bits per heavy atom. The Bertz CT molecular complexity index is 626. The summed E-state index contributed by atoms with van der Waals surface area (Å²) < 4.78 is 13.1. The van der Waals surface area contributed by atoms with E-state index >= 15 is 0 Å². The van der Waals surface area contributed by atoms with E-state index in [9.17, 15) is 14.3 Å². The van der Waals surface area contributed by atoms with Gasteiger partial charge in [-0.15, -0.1) is 0 Å². The van der Waals surface area contributed by atoms with Gasteiger partial charge in [-0.1, -0.05) is 23.2 Å². The molecule has 2 N–H and O–H groups in total. The first-order valence-electron chi connectivity index (χ1n) is 5.21. The molecule has 3 nitrogen and oxygen atoms in total. The molecule has 0 aliphatic heterocycles. The second-order valence-corrected chi connectivity index (χ2v) is 4.62. The number of phenols is 1. The van der Waals surface area contributed by atoms with E-state index < -0.39 is 11.7 Å². The summed E-state index contributed by atoms with van der Waals surface area (Å²) >= 11 is 11.4. The Morgan fingerprint density at radius 2 is 1.89 bits per heavy atom. The van der Waals surface area contributed by atoms with Gasteiger partial charge in [-0.05, 0) is 36.4 Å². The molecule has 0 aliphatic rings. The van der Waals surface area contributed by atoms with Crippen LogP contribution >= 0.6 is 23.2 Å². The molecule has 0 spiro atoms. The number of carbonyl (C=O) groups excluding carboxylic acids is 1. The number of halogens is 3. The van der Waals surface area contributed by atoms with Gasteiger partial charge in [0.05, 0.1) is 5.02 Å². The highest BCUT2D eigenvalue weighted by Crippen LogP contribution is 2.24. The van der Waals surface area contributed by atoms with Crippen LogP contribution in [-0.2, 0) is 0 Å². The molecular weight excluding hydrogens is 292 g/mol. The molecule has 0 aliphatic carbocycles. The van der Waals surface area contributed by atoms with E-state index in [1.54, 1.807) is 0 Å². The van der Waals surface area contributed by atoms with Crippen LogP contribution in [0.1, 0.15) is 10.4 Å². The third kappa shape index (κ3) is 3.36. The van der Waals surface area contributed by atoms with Gasteiger partial charge >= 0.3 is 0 Å². The van der Waals surface area contributed by atoms with Gasteiger partial charge in [0.15, 0.2) is 0 Å². The summed E-state index contributed by atoms with van der Waals surface area (Å²) in [6.45, 7) is 0. The maximum absolute atomic E-state index is 13.1. The van der Waals surface area contributed by atoms with Gasteiger partial charge in [0.2, 0.25) is 0 Å². The summed E-state index contributed by atoms with van der Waals surface area (Å²) in [7, 11) is 0. The van der Waals surface area contributed by atoms with Crippen LogP contribution in [0.2, 0.25) is 10.0 Å². The summed E-state index contributed by atoms with van der Waals surface area (Å²) in [6, 6.07) is 7.71. The highest BCUT2D eigenvalue weighted by molar-refractivity contribution is 6.32. The fourth-order valence-corrected chi connectivity index (χ4v) is 1.88. The second-order valence-electron chi connectivity index (χ2n) is 3.78. The monoisotopic (exact) mass is 299 g/mol. The van der Waals surface area contributed by atoms with Gasteiger partial charge in [0, 0.05) is 16.3 Å². The minimum Gasteiger partial charge on any atom is -0.506 e. The van der Waals surface area contributed by atoms with Crippen LogP contribution in [0, 0.1) is 5.82 Å². The molecule has 2 aromatic carbocycles. The van der Waals surface area contributed by atoms with Crippen LogP contribution in [-0.4, -0.2) is 11.0 Å². The molecule has 0 radical (unpaired) electrons. The molecule has 0 fully saturated rings. The van der Waals surface area contributed by atoms with E-state index in [4.69, 9.17) is 23.2 Å². The summed E-state index contributed by atoms with van der Waals surface area (Å²) in [6.07, 6.45) is 0. The van der Waals surface area contributed by atoms with Crippen LogP contribution in [0.5, 0.6) is 5.75 Å². The normalized spacial score (nSPS) is 10.3. The molecular formula is C13H8Cl2FNO2. The van der Waals surface area contributed by atoms with E-state index in [1.807, 2.05) is 0 Å². The maximum Gasteiger partial charge on any atom is 0.255 e. The molecule has 0 atom stereocenters. The number of carbonyl (C=O) groups is 1. The molecule has 0 saturated carbocycles. The van der Waals surface area contributed by atoms with E-state index in [0.29, 0.717) is 0 Å². The third-order valence-electron chi connectivity index (χ3n) is 2.33. The van der Waals surface area contributed by atoms with E-state index in [1.165, 1.54) is 24.3 Å². The zero-order chi connectivity index (χ0) is 14.0. The zero-order valence-corrected chi connectivity index (χ0v) is 11.0. The Balaban J connectivity index is 2.22. The van der Waals surface area contributed by atoms with Crippen molar-refractivity contribution in [2.75, 3.05) is 5.32 Å². The molecule has 0 heterocycles. The van der Waals surface area contributed by atoms with Crippen molar-refractivity contribution in [3.63, 3.8) is 0 Å². The smallest absolute Gasteiger partial charge is 0.255 e. The molecule has 2 aromatic rings. The fourth-order valence-electron chi connectivity index (χ4n) is 1.48. The van der Waals surface area contributed by atoms with Crippen molar-refractivity contribution in [1.29, 1.82) is 0 Å². The number of hydrogen-bond donors (Lipinski definition) is 2. The van der Waals surface area contributed by atoms with Crippen LogP contribution < -0.4 is 5.32 Å². The first-order chi connectivity index (χ1) is 8.95. The van der Waals surface area contributed by atoms with E-state index in [-0.39, 0.29) is 27.0 Å². The number of nitrogens with one attached hydrogen (secondary N) is 1. The topological polar surface area (TPSA) is 49.3 Å². The van der Waals surface area contributed by atoms with Gasteiger partial charge in [0.25, 0.3) is 5.91 Å². The van der Waals surface area contributed by atoms with Gasteiger partial charge < -0.3 is 10.4 Å². The van der Waals surface area contributed by atoms with Gasteiger partial charge in [-0.3, -0.25) is 4.79 Å². The van der Waals surface area contributed by atoms with E-state index in [0.717, 1.165) is 12.1 Å². The molecule has 0 saturated heterocycles. The summed E-state index contributed by atoms with van der Waals surface area (Å²) in [5.41, 5.74) is 0.474. The van der Waals surface area contributed by atoms with Gasteiger partial charge in [0.1, 0.15) is 11.6 Å². The number of phenolic OH excluding ortho intramolecular Hbond substituents is 1. The number of hydrogen-bond acceptors (Lipinski definition) is 2. The van der Waals surface area contributed by atoms with Crippen molar-refractivity contribution in [3.05, 3.63) is 57.8 Å². The number of rotatable bonds is 2. The first-order valence-corrected chi connectivity index (χ1v) is 5.97. The number of anilines is 1. The molecule has 0 unspecified atom stereocenters. The van der Waals surface area contributed by atoms with Crippen molar-refractivity contribution in [1.82, 2.24) is 0 Å². The lowest BCUT2D eigenvalue weighted by Gasteiger charge is -2.07. The van der Waals surface area contributed by atoms with Gasteiger partial charge in [-0.25, -0.2) is 4.39 Å². The minimum atomic E-state index is -0.550. The Labute approximate surface area is 118 Å². The molecule has 19 heavy (non-hydrogen) atoms. The Hall–Kier alpha value is -1.78. The predicted octanol–water partition coefficient (Wildman–Crippen LogP) is 4.09. The standard InChI is InChI=1S/C13H8Cl2FNO2/c14-8-4-9(16)6-10(5-8)17-13(19)7-1-2-12(18)11(15)3-7/h1-6,18H,(H,17,19). The number of benzene rings is 2. The van der Waals surface area contributed by atoms with Crippen molar-refractivity contribution in [2.45, 2.75) is 0 Å². The van der Waals surface area contributed by atoms with Crippen molar-refractivity contribution in [3.8, 4) is 5.75 Å². The first kappa shape index (κ1) is 13.6. The molecule has 2 rings (SSSR count). The third-order valence-corrected chi connectivity index (χ3v) is 2.85. The molecule has 0 bridgehead atoms. The number of amides is 1. The Morgan fingerprint density at radius 1 is 1.16 bits per heavy atom. The van der Waals surface area contributed by atoms with Gasteiger partial charge in [-0.2, -0.15) is 0 Å². The summed E-state index contributed by atoms with van der Waals surface area (Å²) in [4.78, 5) is 11.9. The largest absolute Gasteiger partial charge is 0.506 e. The predicted molar refractivity (Wildman–Crippen MR) is 72.5 cm³/mol. The number of aromatic hydroxyl groups is 1. The van der Waals surface area contributed by atoms with Crippen LogP contribution in [0.25, 0.3) is 0 Å². The zero-order valence-electron chi connectivity index (χ0n) is 9.45. The van der Waals surface area contributed by atoms with Crippen molar-refractivity contribution < 1.29 is 14.3 Å². The summed E-state index contributed by atoms with van der Waals surface area (Å²) in [5, 5.41) is 12.0. The highest BCUT2D eigenvalue weighted by atomic mass is 35.5. The SMILES string of the molecule is O=C(Nc1cc(F)cc(Cl)c1)c1ccc(O)c(Cl)c1. The molecule has 1 amide bonds. The molecule has 0 aromatic heterocycles. The van der Waals surface area contributed by atoms with Crippen LogP contribution in [0.4, 0.5) is 10.1 Å². The molecule has 98 valence electrons. The lowest BCUT2D eigenvalue weighted by atomic mass is 10.2. The lowest BCUT2D eigenvalue weighted by Crippen LogP contribution is -2.11. The average molecular weight is 300 g/mol. The second kappa shape index (κ2) is 5.47. The maximum atomic E-state index is 13.1. The van der Waals surface area contributed by atoms with Crippen LogP contribution in [0.15, 0.2) is 36.4 Å². The minimum absolute atomic E-state index is 0.0601. The highest BCUT2D eigenvalue weighted by Gasteiger charge is 2.09. The summed E-state index contributed by atoms with van der Waals surface area (Å²) in [5.74, 6) is -1.15. The average Bonchev–Trinajstić information content (AvgIpc) is 2.31. The lowest BCUT2D eigenvalue weighted by molar-refractivity contribution is 0.102. The van der Waals surface area contributed by atoms with Crippen molar-refractivity contribution in [2.24, 2.45) is 0 Å². The Kier molecular flexibility index (Phi) is 3.93. The fraction of sp³-hybridized carbons (Fsp3) is 0. The van der Waals surface area contributed by atoms with Crippen LogP contribution in [0.3, 0.4) is 0 Å². The molecule has 6 heteroatoms. The quantitative estimate of drug-likeness (QED) is 0.877. The van der Waals surface area contributed by atoms with Crippen molar-refractivity contribution >= 4 is 34.8 Å². The van der Waals surface area contributed by atoms with E-state index in [2.05, 4.69) is 5.32 Å².